The molecule has 2 fully saturated rings. The number of hydrogen-bond donors (Lipinski definition) is 1. The van der Waals surface area contributed by atoms with Gasteiger partial charge in [-0.25, -0.2) is 0 Å². The highest BCUT2D eigenvalue weighted by Crippen LogP contribution is 2.33. The van der Waals surface area contributed by atoms with Crippen molar-refractivity contribution in [1.82, 2.24) is 5.32 Å². The fraction of sp³-hybridized carbons (Fsp3) is 0.500. The highest BCUT2D eigenvalue weighted by molar-refractivity contribution is 6.30. The second-order valence-electron chi connectivity index (χ2n) is 4.23. The largest absolute Gasteiger partial charge is 0.342 e. The van der Waals surface area contributed by atoms with Gasteiger partial charge in [0, 0.05) is 17.1 Å². The lowest BCUT2D eigenvalue weighted by molar-refractivity contribution is -0.0668. The van der Waals surface area contributed by atoms with Crippen LogP contribution in [0, 0.1) is 0 Å². The summed E-state index contributed by atoms with van der Waals surface area (Å²) in [6, 6.07) is 7.64. The molecule has 1 N–H and O–H groups in total. The molecule has 86 valence electrons. The Morgan fingerprint density at radius 1 is 1.12 bits per heavy atom. The third-order valence-electron chi connectivity index (χ3n) is 3.10. The van der Waals surface area contributed by atoms with Crippen molar-refractivity contribution < 1.29 is 9.47 Å². The Morgan fingerprint density at radius 3 is 2.62 bits per heavy atom. The van der Waals surface area contributed by atoms with Gasteiger partial charge in [0.25, 0.3) is 0 Å². The van der Waals surface area contributed by atoms with E-state index in [1.54, 1.807) is 0 Å². The summed E-state index contributed by atoms with van der Waals surface area (Å²) in [6.45, 7) is 1.90. The van der Waals surface area contributed by atoms with Gasteiger partial charge in [0.1, 0.15) is 0 Å². The third kappa shape index (κ3) is 1.96. The van der Waals surface area contributed by atoms with Crippen molar-refractivity contribution in [3.8, 4) is 0 Å². The van der Waals surface area contributed by atoms with Crippen molar-refractivity contribution in [3.05, 3.63) is 34.9 Å². The van der Waals surface area contributed by atoms with Gasteiger partial charge in [-0.15, -0.1) is 0 Å². The van der Waals surface area contributed by atoms with Gasteiger partial charge in [-0.1, -0.05) is 23.7 Å². The fourth-order valence-corrected chi connectivity index (χ4v) is 2.35. The highest BCUT2D eigenvalue weighted by Gasteiger charge is 2.38. The summed E-state index contributed by atoms with van der Waals surface area (Å²) in [5.74, 6) is 0. The molecule has 1 aromatic carbocycles. The van der Waals surface area contributed by atoms with Gasteiger partial charge >= 0.3 is 0 Å². The zero-order valence-corrected chi connectivity index (χ0v) is 9.61. The molecule has 0 saturated carbocycles. The van der Waals surface area contributed by atoms with Gasteiger partial charge in [0.15, 0.2) is 6.29 Å². The van der Waals surface area contributed by atoms with Crippen molar-refractivity contribution in [1.29, 1.82) is 0 Å². The molecule has 3 nitrogen and oxygen atoms in total. The average molecular weight is 240 g/mol. The Labute approximate surface area is 99.7 Å². The summed E-state index contributed by atoms with van der Waals surface area (Å²) in [7, 11) is 0. The molecule has 0 aliphatic carbocycles. The van der Waals surface area contributed by atoms with Crippen LogP contribution >= 0.6 is 11.6 Å². The molecule has 1 aromatic rings. The first-order chi connectivity index (χ1) is 7.83. The van der Waals surface area contributed by atoms with Crippen molar-refractivity contribution >= 4 is 11.6 Å². The Bertz CT molecular complexity index is 354. The van der Waals surface area contributed by atoms with Crippen molar-refractivity contribution in [3.63, 3.8) is 0 Å². The molecule has 0 aromatic heterocycles. The number of fused-ring (bicyclic) bond motifs is 1. The van der Waals surface area contributed by atoms with E-state index in [-0.39, 0.29) is 18.5 Å². The Kier molecular flexibility index (Phi) is 2.86. The third-order valence-corrected chi connectivity index (χ3v) is 3.36. The molecule has 2 saturated heterocycles. The number of nitrogens with one attached hydrogen (secondary N) is 1. The summed E-state index contributed by atoms with van der Waals surface area (Å²) < 4.78 is 11.7. The first kappa shape index (κ1) is 10.5. The SMILES string of the molecule is Clc1ccc(C2OC3CCNCC3O2)cc1. The Balaban J connectivity index is 1.75. The van der Waals surface area contributed by atoms with Crippen molar-refractivity contribution in [2.45, 2.75) is 24.9 Å². The van der Waals surface area contributed by atoms with Crippen LogP contribution in [0.25, 0.3) is 0 Å². The average Bonchev–Trinajstić information content (AvgIpc) is 2.73. The van der Waals surface area contributed by atoms with Crippen LogP contribution in [-0.2, 0) is 9.47 Å². The van der Waals surface area contributed by atoms with E-state index in [1.807, 2.05) is 24.3 Å². The van der Waals surface area contributed by atoms with E-state index in [9.17, 15) is 0 Å². The van der Waals surface area contributed by atoms with Crippen molar-refractivity contribution in [2.75, 3.05) is 13.1 Å². The van der Waals surface area contributed by atoms with Crippen LogP contribution in [0.5, 0.6) is 0 Å². The first-order valence-electron chi connectivity index (χ1n) is 5.60. The van der Waals surface area contributed by atoms with E-state index in [4.69, 9.17) is 21.1 Å². The van der Waals surface area contributed by atoms with Crippen LogP contribution in [0.2, 0.25) is 5.02 Å². The minimum absolute atomic E-state index is 0.189. The minimum atomic E-state index is -0.229. The van der Waals surface area contributed by atoms with Crippen LogP contribution in [0.3, 0.4) is 0 Å². The molecular weight excluding hydrogens is 226 g/mol. The smallest absolute Gasteiger partial charge is 0.184 e. The highest BCUT2D eigenvalue weighted by atomic mass is 35.5. The number of halogens is 1. The predicted molar refractivity (Wildman–Crippen MR) is 61.4 cm³/mol. The number of ether oxygens (including phenoxy) is 2. The number of benzene rings is 1. The molecule has 0 bridgehead atoms. The number of piperidine rings is 1. The lowest BCUT2D eigenvalue weighted by Crippen LogP contribution is -2.41. The van der Waals surface area contributed by atoms with Gasteiger partial charge < -0.3 is 14.8 Å². The molecule has 16 heavy (non-hydrogen) atoms. The van der Waals surface area contributed by atoms with Gasteiger partial charge in [-0.2, -0.15) is 0 Å². The molecule has 3 unspecified atom stereocenters. The van der Waals surface area contributed by atoms with Gasteiger partial charge in [-0.05, 0) is 25.1 Å². The van der Waals surface area contributed by atoms with Gasteiger partial charge in [0.2, 0.25) is 0 Å². The van der Waals surface area contributed by atoms with Crippen molar-refractivity contribution in [2.24, 2.45) is 0 Å². The quantitative estimate of drug-likeness (QED) is 0.814. The molecule has 2 heterocycles. The summed E-state index contributed by atoms with van der Waals surface area (Å²) in [5.41, 5.74) is 1.04. The molecule has 2 aliphatic rings. The fourth-order valence-electron chi connectivity index (χ4n) is 2.22. The Morgan fingerprint density at radius 2 is 1.88 bits per heavy atom. The number of rotatable bonds is 1. The summed E-state index contributed by atoms with van der Waals surface area (Å²) in [4.78, 5) is 0. The lowest BCUT2D eigenvalue weighted by Gasteiger charge is -2.22. The molecule has 3 atom stereocenters. The van der Waals surface area contributed by atoms with E-state index in [0.29, 0.717) is 0 Å². The van der Waals surface area contributed by atoms with Crippen LogP contribution < -0.4 is 5.32 Å². The summed E-state index contributed by atoms with van der Waals surface area (Å²) >= 11 is 5.85. The zero-order valence-electron chi connectivity index (χ0n) is 8.86. The van der Waals surface area contributed by atoms with Crippen LogP contribution in [-0.4, -0.2) is 25.3 Å². The lowest BCUT2D eigenvalue weighted by atomic mass is 10.1. The van der Waals surface area contributed by atoms with Crippen LogP contribution in [0.1, 0.15) is 18.3 Å². The second-order valence-corrected chi connectivity index (χ2v) is 4.66. The number of hydrogen-bond acceptors (Lipinski definition) is 3. The molecule has 3 rings (SSSR count). The maximum absolute atomic E-state index is 5.89. The van der Waals surface area contributed by atoms with Gasteiger partial charge in [0.05, 0.1) is 12.2 Å². The maximum Gasteiger partial charge on any atom is 0.184 e. The monoisotopic (exact) mass is 239 g/mol. The van der Waals surface area contributed by atoms with E-state index in [0.717, 1.165) is 30.1 Å². The Hall–Kier alpha value is -0.610. The molecule has 2 aliphatic heterocycles. The van der Waals surface area contributed by atoms with E-state index in [1.165, 1.54) is 0 Å². The van der Waals surface area contributed by atoms with Crippen LogP contribution in [0.4, 0.5) is 0 Å². The van der Waals surface area contributed by atoms with Crippen LogP contribution in [0.15, 0.2) is 24.3 Å². The summed E-state index contributed by atoms with van der Waals surface area (Å²) in [6.07, 6.45) is 1.22. The second kappa shape index (κ2) is 4.34. The topological polar surface area (TPSA) is 30.5 Å². The van der Waals surface area contributed by atoms with E-state index < -0.39 is 0 Å². The normalized spacial score (nSPS) is 33.7. The molecule has 0 spiro atoms. The molecule has 0 radical (unpaired) electrons. The minimum Gasteiger partial charge on any atom is -0.342 e. The maximum atomic E-state index is 5.89. The zero-order chi connectivity index (χ0) is 11.0. The predicted octanol–water partition coefficient (Wildman–Crippen LogP) is 2.12. The molecular formula is C12H14ClNO2. The van der Waals surface area contributed by atoms with E-state index >= 15 is 0 Å². The molecule has 0 amide bonds. The van der Waals surface area contributed by atoms with Gasteiger partial charge in [-0.3, -0.25) is 0 Å². The summed E-state index contributed by atoms with van der Waals surface area (Å²) in [5, 5.41) is 4.05. The molecule has 4 heteroatoms. The standard InChI is InChI=1S/C12H14ClNO2/c13-9-3-1-8(2-4-9)12-15-10-5-6-14-7-11(10)16-12/h1-4,10-12,14H,5-7H2. The van der Waals surface area contributed by atoms with E-state index in [2.05, 4.69) is 5.32 Å². The first-order valence-corrected chi connectivity index (χ1v) is 5.98.